The summed E-state index contributed by atoms with van der Waals surface area (Å²) in [6.07, 6.45) is 0.812. The second kappa shape index (κ2) is 5.21. The van der Waals surface area contributed by atoms with Crippen LogP contribution in [0.25, 0.3) is 0 Å². The molecule has 98 valence electrons. The Morgan fingerprint density at radius 2 is 2.11 bits per heavy atom. The van der Waals surface area contributed by atoms with Gasteiger partial charge in [0.05, 0.1) is 0 Å². The maximum atomic E-state index is 13.2. The Hall–Kier alpha value is -1.55. The molecule has 0 saturated heterocycles. The summed E-state index contributed by atoms with van der Waals surface area (Å²) in [7, 11) is 0. The highest BCUT2D eigenvalue weighted by molar-refractivity contribution is 9.10. The molecule has 1 unspecified atom stereocenters. The molecule has 0 aliphatic carbocycles. The molecular formula is C15H12BrFO2. The Morgan fingerprint density at radius 1 is 1.26 bits per heavy atom. The van der Waals surface area contributed by atoms with E-state index >= 15 is 0 Å². The van der Waals surface area contributed by atoms with Crippen molar-refractivity contribution in [3.8, 4) is 11.5 Å². The minimum absolute atomic E-state index is 0.0144. The molecule has 0 amide bonds. The average molecular weight is 323 g/mol. The molecule has 0 aromatic heterocycles. The van der Waals surface area contributed by atoms with E-state index in [-0.39, 0.29) is 11.9 Å². The molecule has 0 fully saturated rings. The van der Waals surface area contributed by atoms with E-state index < -0.39 is 0 Å². The molecule has 0 saturated carbocycles. The first kappa shape index (κ1) is 12.5. The third kappa shape index (κ3) is 2.89. The van der Waals surface area contributed by atoms with Gasteiger partial charge in [0, 0.05) is 17.0 Å². The maximum absolute atomic E-state index is 13.2. The first-order valence-electron chi connectivity index (χ1n) is 6.04. The van der Waals surface area contributed by atoms with Crippen molar-refractivity contribution in [3.63, 3.8) is 0 Å². The predicted octanol–water partition coefficient (Wildman–Crippen LogP) is 3.97. The number of ether oxygens (including phenoxy) is 2. The van der Waals surface area contributed by atoms with Gasteiger partial charge in [-0.05, 0) is 23.8 Å². The van der Waals surface area contributed by atoms with Gasteiger partial charge in [-0.1, -0.05) is 34.1 Å². The number of hydrogen-bond acceptors (Lipinski definition) is 2. The number of fused-ring (bicyclic) bond motifs is 1. The van der Waals surface area contributed by atoms with Crippen LogP contribution in [0, 0.1) is 5.82 Å². The quantitative estimate of drug-likeness (QED) is 0.851. The lowest BCUT2D eigenvalue weighted by atomic mass is 10.1. The van der Waals surface area contributed by atoms with Gasteiger partial charge in [-0.2, -0.15) is 0 Å². The van der Waals surface area contributed by atoms with Gasteiger partial charge in [0.2, 0.25) is 0 Å². The minimum atomic E-state index is -0.319. The van der Waals surface area contributed by atoms with E-state index in [1.165, 1.54) is 17.7 Å². The van der Waals surface area contributed by atoms with Gasteiger partial charge in [-0.3, -0.25) is 0 Å². The summed E-state index contributed by atoms with van der Waals surface area (Å²) in [5, 5.41) is 0. The molecule has 1 atom stereocenters. The third-order valence-corrected chi connectivity index (χ3v) is 3.44. The largest absolute Gasteiger partial charge is 0.490 e. The van der Waals surface area contributed by atoms with Crippen LogP contribution in [0.5, 0.6) is 11.5 Å². The van der Waals surface area contributed by atoms with Crippen molar-refractivity contribution in [3.05, 3.63) is 58.3 Å². The number of hydrogen-bond donors (Lipinski definition) is 0. The van der Waals surface area contributed by atoms with Gasteiger partial charge < -0.3 is 9.47 Å². The van der Waals surface area contributed by atoms with Crippen LogP contribution in [-0.4, -0.2) is 12.7 Å². The molecule has 4 heteroatoms. The van der Waals surface area contributed by atoms with Crippen LogP contribution in [0.3, 0.4) is 0 Å². The van der Waals surface area contributed by atoms with Gasteiger partial charge in [0.1, 0.15) is 30.0 Å². The Kier molecular flexibility index (Phi) is 3.42. The van der Waals surface area contributed by atoms with E-state index in [1.807, 2.05) is 24.3 Å². The zero-order chi connectivity index (χ0) is 13.2. The molecule has 1 heterocycles. The fraction of sp³-hybridized carbons (Fsp3) is 0.200. The smallest absolute Gasteiger partial charge is 0.137 e. The van der Waals surface area contributed by atoms with Gasteiger partial charge in [0.15, 0.2) is 0 Å². The molecule has 2 nitrogen and oxygen atoms in total. The molecule has 1 aliphatic heterocycles. The number of halogens is 2. The molecular weight excluding hydrogens is 311 g/mol. The Bertz CT molecular complexity index is 555. The second-order valence-corrected chi connectivity index (χ2v) is 5.38. The van der Waals surface area contributed by atoms with E-state index in [0.717, 1.165) is 12.2 Å². The zero-order valence-corrected chi connectivity index (χ0v) is 11.7. The summed E-state index contributed by atoms with van der Waals surface area (Å²) in [6.45, 7) is 0.407. The summed E-state index contributed by atoms with van der Waals surface area (Å²) in [5.74, 6) is 1.10. The van der Waals surface area contributed by atoms with Crippen LogP contribution in [0.2, 0.25) is 0 Å². The fourth-order valence-corrected chi connectivity index (χ4v) is 2.59. The van der Waals surface area contributed by atoms with Gasteiger partial charge in [-0.25, -0.2) is 4.39 Å². The molecule has 1 aliphatic rings. The average Bonchev–Trinajstić information content (AvgIpc) is 2.78. The number of benzene rings is 2. The highest BCUT2D eigenvalue weighted by Gasteiger charge is 2.22. The topological polar surface area (TPSA) is 18.5 Å². The summed E-state index contributed by atoms with van der Waals surface area (Å²) >= 11 is 3.24. The Labute approximate surface area is 119 Å². The van der Waals surface area contributed by atoms with Crippen molar-refractivity contribution in [2.45, 2.75) is 12.5 Å². The monoisotopic (exact) mass is 322 g/mol. The third-order valence-electron chi connectivity index (χ3n) is 2.99. The zero-order valence-electron chi connectivity index (χ0n) is 10.1. The van der Waals surface area contributed by atoms with E-state index in [0.29, 0.717) is 16.8 Å². The van der Waals surface area contributed by atoms with Gasteiger partial charge in [-0.15, -0.1) is 0 Å². The van der Waals surface area contributed by atoms with Crippen molar-refractivity contribution < 1.29 is 13.9 Å². The molecule has 0 radical (unpaired) electrons. The van der Waals surface area contributed by atoms with E-state index in [4.69, 9.17) is 9.47 Å². The number of rotatable bonds is 3. The molecule has 19 heavy (non-hydrogen) atoms. The number of para-hydroxylation sites is 1. The van der Waals surface area contributed by atoms with E-state index in [9.17, 15) is 4.39 Å². The van der Waals surface area contributed by atoms with Crippen LogP contribution in [0.15, 0.2) is 46.9 Å². The van der Waals surface area contributed by atoms with Crippen molar-refractivity contribution in [2.75, 3.05) is 6.61 Å². The standard InChI is InChI=1S/C15H12BrFO2/c16-11-6-12(17)8-13(7-11)18-9-14-5-10-3-1-2-4-15(10)19-14/h1-4,6-8,14H,5,9H2. The summed E-state index contributed by atoms with van der Waals surface area (Å²) in [6, 6.07) is 12.5. The molecule has 2 aromatic carbocycles. The minimum Gasteiger partial charge on any atom is -0.490 e. The molecule has 0 bridgehead atoms. The SMILES string of the molecule is Fc1cc(Br)cc(OCC2Cc3ccccc3O2)c1. The summed E-state index contributed by atoms with van der Waals surface area (Å²) in [5.41, 5.74) is 1.19. The van der Waals surface area contributed by atoms with Crippen molar-refractivity contribution in [1.29, 1.82) is 0 Å². The normalized spacial score (nSPS) is 16.8. The van der Waals surface area contributed by atoms with Gasteiger partial charge in [0.25, 0.3) is 0 Å². The first-order valence-corrected chi connectivity index (χ1v) is 6.83. The highest BCUT2D eigenvalue weighted by Crippen LogP contribution is 2.29. The first-order chi connectivity index (χ1) is 9.20. The van der Waals surface area contributed by atoms with E-state index in [2.05, 4.69) is 15.9 Å². The second-order valence-electron chi connectivity index (χ2n) is 4.47. The van der Waals surface area contributed by atoms with E-state index in [1.54, 1.807) is 6.07 Å². The highest BCUT2D eigenvalue weighted by atomic mass is 79.9. The molecule has 0 N–H and O–H groups in total. The summed E-state index contributed by atoms with van der Waals surface area (Å²) < 4.78 is 25.2. The fourth-order valence-electron chi connectivity index (χ4n) is 2.15. The van der Waals surface area contributed by atoms with Crippen LogP contribution in [-0.2, 0) is 6.42 Å². The van der Waals surface area contributed by atoms with Gasteiger partial charge >= 0.3 is 0 Å². The van der Waals surface area contributed by atoms with Crippen LogP contribution in [0.1, 0.15) is 5.56 Å². The van der Waals surface area contributed by atoms with Crippen molar-refractivity contribution in [1.82, 2.24) is 0 Å². The lowest BCUT2D eigenvalue weighted by Gasteiger charge is -2.12. The summed E-state index contributed by atoms with van der Waals surface area (Å²) in [4.78, 5) is 0. The Morgan fingerprint density at radius 3 is 2.89 bits per heavy atom. The molecule has 2 aromatic rings. The van der Waals surface area contributed by atoms with Crippen LogP contribution in [0.4, 0.5) is 4.39 Å². The molecule has 0 spiro atoms. The maximum Gasteiger partial charge on any atom is 0.137 e. The lowest BCUT2D eigenvalue weighted by molar-refractivity contribution is 0.148. The Balaban J connectivity index is 1.62. The van der Waals surface area contributed by atoms with Crippen molar-refractivity contribution >= 4 is 15.9 Å². The van der Waals surface area contributed by atoms with Crippen molar-refractivity contribution in [2.24, 2.45) is 0 Å². The van der Waals surface area contributed by atoms with Crippen LogP contribution < -0.4 is 9.47 Å². The van der Waals surface area contributed by atoms with Crippen LogP contribution >= 0.6 is 15.9 Å². The lowest BCUT2D eigenvalue weighted by Crippen LogP contribution is -2.22. The molecule has 3 rings (SSSR count). The predicted molar refractivity (Wildman–Crippen MR) is 74.2 cm³/mol.